The van der Waals surface area contributed by atoms with Gasteiger partial charge in [-0.2, -0.15) is 0 Å². The molecule has 0 spiro atoms. The van der Waals surface area contributed by atoms with Gasteiger partial charge in [-0.15, -0.1) is 10.2 Å². The van der Waals surface area contributed by atoms with Gasteiger partial charge in [0.2, 0.25) is 11.8 Å². The van der Waals surface area contributed by atoms with Crippen molar-refractivity contribution in [3.05, 3.63) is 47.7 Å². The summed E-state index contributed by atoms with van der Waals surface area (Å²) >= 11 is 0. The topological polar surface area (TPSA) is 60.6 Å². The Kier molecular flexibility index (Phi) is 5.27. The number of methoxy groups -OCH3 is 1. The molecule has 0 N–H and O–H groups in total. The first kappa shape index (κ1) is 16.7. The van der Waals surface area contributed by atoms with Gasteiger partial charge in [-0.25, -0.2) is 0 Å². The number of aromatic nitrogens is 2. The van der Waals surface area contributed by atoms with Crippen LogP contribution >= 0.6 is 0 Å². The van der Waals surface area contributed by atoms with Crippen molar-refractivity contribution in [2.24, 2.45) is 0 Å². The first-order valence-electron chi connectivity index (χ1n) is 8.13. The number of hydrogen-bond acceptors (Lipinski definition) is 6. The highest BCUT2D eigenvalue weighted by Crippen LogP contribution is 2.24. The molecule has 24 heavy (non-hydrogen) atoms. The van der Waals surface area contributed by atoms with E-state index in [-0.39, 0.29) is 12.2 Å². The highest BCUT2D eigenvalue weighted by atomic mass is 16.5. The minimum absolute atomic E-state index is 0.121. The summed E-state index contributed by atoms with van der Waals surface area (Å²) in [7, 11) is 1.69. The molecule has 3 rings (SSSR count). The maximum atomic E-state index is 5.94. The van der Waals surface area contributed by atoms with Crippen molar-refractivity contribution in [1.29, 1.82) is 0 Å². The van der Waals surface area contributed by atoms with Gasteiger partial charge in [-0.3, -0.25) is 4.90 Å². The smallest absolute Gasteiger partial charge is 0.246 e. The van der Waals surface area contributed by atoms with Crippen molar-refractivity contribution in [3.63, 3.8) is 0 Å². The Morgan fingerprint density at radius 2 is 2.12 bits per heavy atom. The van der Waals surface area contributed by atoms with Gasteiger partial charge >= 0.3 is 0 Å². The summed E-state index contributed by atoms with van der Waals surface area (Å²) in [6.45, 7) is 6.29. The standard InChI is InChI=1S/C18H23N3O3/c1-13-11-21(12-17(23-13)18-20-19-14(2)24-18)10-6-8-15-7-4-5-9-16(15)22-3/h4-9,13,17H,10-12H2,1-3H3/b8-6+/t13-,17-/m1/s1. The molecule has 0 saturated carbocycles. The average molecular weight is 329 g/mol. The van der Waals surface area contributed by atoms with Gasteiger partial charge in [-0.1, -0.05) is 30.4 Å². The van der Waals surface area contributed by atoms with Crippen LogP contribution in [0.4, 0.5) is 0 Å². The van der Waals surface area contributed by atoms with E-state index in [0.717, 1.165) is 30.9 Å². The molecule has 1 saturated heterocycles. The van der Waals surface area contributed by atoms with Gasteiger partial charge in [0.1, 0.15) is 11.9 Å². The first-order chi connectivity index (χ1) is 11.7. The molecule has 2 heterocycles. The number of rotatable bonds is 5. The predicted molar refractivity (Wildman–Crippen MR) is 90.8 cm³/mol. The summed E-state index contributed by atoms with van der Waals surface area (Å²) in [6, 6.07) is 7.98. The number of nitrogens with zero attached hydrogens (tertiary/aromatic N) is 3. The second kappa shape index (κ2) is 7.59. The molecule has 1 aromatic carbocycles. The maximum Gasteiger partial charge on any atom is 0.246 e. The molecule has 1 aliphatic heterocycles. The number of aryl methyl sites for hydroxylation is 1. The largest absolute Gasteiger partial charge is 0.496 e. The van der Waals surface area contributed by atoms with Gasteiger partial charge in [0.05, 0.1) is 13.2 Å². The van der Waals surface area contributed by atoms with E-state index >= 15 is 0 Å². The van der Waals surface area contributed by atoms with Crippen LogP contribution in [0, 0.1) is 6.92 Å². The van der Waals surface area contributed by atoms with Crippen molar-refractivity contribution < 1.29 is 13.9 Å². The van der Waals surface area contributed by atoms with Gasteiger partial charge in [-0.05, 0) is 13.0 Å². The fourth-order valence-electron chi connectivity index (χ4n) is 2.90. The summed E-state index contributed by atoms with van der Waals surface area (Å²) in [4.78, 5) is 2.32. The van der Waals surface area contributed by atoms with E-state index in [1.807, 2.05) is 24.3 Å². The van der Waals surface area contributed by atoms with E-state index in [4.69, 9.17) is 13.9 Å². The van der Waals surface area contributed by atoms with Crippen LogP contribution in [-0.4, -0.2) is 47.9 Å². The lowest BCUT2D eigenvalue weighted by molar-refractivity contribution is -0.0864. The van der Waals surface area contributed by atoms with Crippen LogP contribution in [0.1, 0.15) is 30.4 Å². The zero-order valence-electron chi connectivity index (χ0n) is 14.3. The van der Waals surface area contributed by atoms with E-state index in [9.17, 15) is 0 Å². The summed E-state index contributed by atoms with van der Waals surface area (Å²) in [5.74, 6) is 2.00. The number of benzene rings is 1. The molecule has 1 aliphatic rings. The molecular weight excluding hydrogens is 306 g/mol. The number of morpholine rings is 1. The number of para-hydroxylation sites is 1. The lowest BCUT2D eigenvalue weighted by atomic mass is 10.1. The molecule has 0 aliphatic carbocycles. The van der Waals surface area contributed by atoms with Crippen molar-refractivity contribution in [3.8, 4) is 5.75 Å². The average Bonchev–Trinajstić information content (AvgIpc) is 3.01. The second-order valence-electron chi connectivity index (χ2n) is 5.96. The first-order valence-corrected chi connectivity index (χ1v) is 8.13. The van der Waals surface area contributed by atoms with E-state index in [1.54, 1.807) is 14.0 Å². The Hall–Kier alpha value is -2.18. The van der Waals surface area contributed by atoms with Gasteiger partial charge < -0.3 is 13.9 Å². The molecule has 0 radical (unpaired) electrons. The van der Waals surface area contributed by atoms with Crippen LogP contribution in [0.3, 0.4) is 0 Å². The fraction of sp³-hybridized carbons (Fsp3) is 0.444. The van der Waals surface area contributed by atoms with E-state index in [1.165, 1.54) is 0 Å². The molecule has 0 amide bonds. The normalized spacial score (nSPS) is 22.1. The minimum Gasteiger partial charge on any atom is -0.496 e. The Morgan fingerprint density at radius 1 is 1.29 bits per heavy atom. The Labute approximate surface area is 142 Å². The molecule has 0 bridgehead atoms. The lowest BCUT2D eigenvalue weighted by Crippen LogP contribution is -2.42. The molecule has 1 fully saturated rings. The third-order valence-electron chi connectivity index (χ3n) is 3.95. The monoisotopic (exact) mass is 329 g/mol. The third-order valence-corrected chi connectivity index (χ3v) is 3.95. The molecule has 6 nitrogen and oxygen atoms in total. The molecule has 2 atom stereocenters. The zero-order valence-corrected chi connectivity index (χ0v) is 14.3. The van der Waals surface area contributed by atoms with Crippen LogP contribution in [0.5, 0.6) is 5.75 Å². The Balaban J connectivity index is 1.63. The fourth-order valence-corrected chi connectivity index (χ4v) is 2.90. The minimum atomic E-state index is -0.172. The summed E-state index contributed by atoms with van der Waals surface area (Å²) in [5, 5.41) is 7.98. The lowest BCUT2D eigenvalue weighted by Gasteiger charge is -2.34. The van der Waals surface area contributed by atoms with Crippen LogP contribution in [-0.2, 0) is 4.74 Å². The molecule has 128 valence electrons. The SMILES string of the molecule is COc1ccccc1/C=C/CN1C[C@@H](C)O[C@@H](c2nnc(C)o2)C1. The van der Waals surface area contributed by atoms with Gasteiger partial charge in [0.25, 0.3) is 0 Å². The van der Waals surface area contributed by atoms with Gasteiger partial charge in [0.15, 0.2) is 0 Å². The third kappa shape index (κ3) is 4.01. The zero-order chi connectivity index (χ0) is 16.9. The molecule has 6 heteroatoms. The summed E-state index contributed by atoms with van der Waals surface area (Å²) in [6.07, 6.45) is 4.18. The van der Waals surface area contributed by atoms with E-state index in [0.29, 0.717) is 11.8 Å². The summed E-state index contributed by atoms with van der Waals surface area (Å²) < 4.78 is 16.8. The molecule has 2 aromatic rings. The quantitative estimate of drug-likeness (QED) is 0.840. The molecular formula is C18H23N3O3. The Bertz CT molecular complexity index is 698. The van der Waals surface area contributed by atoms with Crippen LogP contribution in [0.2, 0.25) is 0 Å². The van der Waals surface area contributed by atoms with Crippen LogP contribution in [0.15, 0.2) is 34.8 Å². The van der Waals surface area contributed by atoms with Crippen LogP contribution < -0.4 is 4.74 Å². The molecule has 0 unspecified atom stereocenters. The van der Waals surface area contributed by atoms with Crippen molar-refractivity contribution >= 4 is 6.08 Å². The van der Waals surface area contributed by atoms with Gasteiger partial charge in [0, 0.05) is 32.1 Å². The number of ether oxygens (including phenoxy) is 2. The van der Waals surface area contributed by atoms with Crippen LogP contribution in [0.25, 0.3) is 6.08 Å². The second-order valence-corrected chi connectivity index (χ2v) is 5.96. The van der Waals surface area contributed by atoms with Crippen molar-refractivity contribution in [1.82, 2.24) is 15.1 Å². The highest BCUT2D eigenvalue weighted by Gasteiger charge is 2.29. The van der Waals surface area contributed by atoms with E-state index in [2.05, 4.69) is 34.2 Å². The predicted octanol–water partition coefficient (Wildman–Crippen LogP) is 2.86. The highest BCUT2D eigenvalue weighted by molar-refractivity contribution is 5.57. The van der Waals surface area contributed by atoms with Crippen molar-refractivity contribution in [2.45, 2.75) is 26.1 Å². The maximum absolute atomic E-state index is 5.94. The Morgan fingerprint density at radius 3 is 2.88 bits per heavy atom. The summed E-state index contributed by atoms with van der Waals surface area (Å²) in [5.41, 5.74) is 1.07. The number of hydrogen-bond donors (Lipinski definition) is 0. The van der Waals surface area contributed by atoms with E-state index < -0.39 is 0 Å². The molecule has 1 aromatic heterocycles. The van der Waals surface area contributed by atoms with Crippen molar-refractivity contribution in [2.75, 3.05) is 26.7 Å².